The largest absolute Gasteiger partial charge is 0.492 e. The van der Waals surface area contributed by atoms with Crippen molar-refractivity contribution in [3.63, 3.8) is 0 Å². The van der Waals surface area contributed by atoms with Crippen molar-refractivity contribution in [2.24, 2.45) is 0 Å². The molecule has 0 aliphatic rings. The van der Waals surface area contributed by atoms with Crippen molar-refractivity contribution in [1.29, 1.82) is 0 Å². The van der Waals surface area contributed by atoms with Gasteiger partial charge in [0.05, 0.1) is 21.9 Å². The Bertz CT molecular complexity index is 1460. The molecule has 0 aliphatic heterocycles. The van der Waals surface area contributed by atoms with Gasteiger partial charge < -0.3 is 19.9 Å². The average molecular weight is 533 g/mol. The van der Waals surface area contributed by atoms with Gasteiger partial charge in [-0.3, -0.25) is 9.82 Å². The van der Waals surface area contributed by atoms with E-state index < -0.39 is 22.7 Å². The number of sulfonamides is 1. The van der Waals surface area contributed by atoms with E-state index in [1.165, 1.54) is 6.07 Å². The van der Waals surface area contributed by atoms with E-state index >= 15 is 0 Å². The minimum atomic E-state index is -3.76. The molecule has 37 heavy (non-hydrogen) atoms. The Morgan fingerprint density at radius 2 is 1.89 bits per heavy atom. The molecule has 0 amide bonds. The molecule has 0 bridgehead atoms. The first-order valence-corrected chi connectivity index (χ1v) is 12.8. The summed E-state index contributed by atoms with van der Waals surface area (Å²) in [5.74, 6) is 0.329. The van der Waals surface area contributed by atoms with Crippen molar-refractivity contribution in [1.82, 2.24) is 15.5 Å². The van der Waals surface area contributed by atoms with Crippen LogP contribution in [0.5, 0.6) is 11.6 Å². The maximum Gasteiger partial charge on any atom is 0.388 e. The van der Waals surface area contributed by atoms with Gasteiger partial charge in [0, 0.05) is 24.8 Å². The molecule has 9 nitrogen and oxygen atoms in total. The van der Waals surface area contributed by atoms with E-state index in [9.17, 15) is 22.3 Å². The lowest BCUT2D eigenvalue weighted by Gasteiger charge is -2.15. The first kappa shape index (κ1) is 26.3. The van der Waals surface area contributed by atoms with Gasteiger partial charge in [0.1, 0.15) is 12.4 Å². The second kappa shape index (κ2) is 11.5. The minimum Gasteiger partial charge on any atom is -0.492 e. The molecule has 1 heterocycles. The molecule has 0 fully saturated rings. The molecule has 0 saturated carbocycles. The fraction of sp³-hybridized carbons (Fsp3) is 0.240. The van der Waals surface area contributed by atoms with Crippen LogP contribution in [0.15, 0.2) is 71.6 Å². The number of aromatic nitrogens is 2. The van der Waals surface area contributed by atoms with Crippen LogP contribution in [0.4, 0.5) is 14.5 Å². The summed E-state index contributed by atoms with van der Waals surface area (Å²) in [6, 6.07) is 18.0. The number of aromatic amines is 1. The van der Waals surface area contributed by atoms with Crippen LogP contribution in [0.25, 0.3) is 10.9 Å². The number of nitrogens with zero attached hydrogens (tertiary/aromatic N) is 1. The van der Waals surface area contributed by atoms with Crippen LogP contribution in [0.1, 0.15) is 17.2 Å². The molecule has 4 rings (SSSR count). The SMILES string of the molecule is Cc1cccc(S(=O)(=O)Nc2cccc(C(O)CNCCOc3ccc4c(OC(F)F)n[nH]c4c3)c2)c1. The quantitative estimate of drug-likeness (QED) is 0.203. The van der Waals surface area contributed by atoms with E-state index in [2.05, 4.69) is 25.0 Å². The Morgan fingerprint density at radius 1 is 1.08 bits per heavy atom. The highest BCUT2D eigenvalue weighted by molar-refractivity contribution is 7.92. The van der Waals surface area contributed by atoms with Gasteiger partial charge in [-0.15, -0.1) is 5.10 Å². The number of alkyl halides is 2. The topological polar surface area (TPSA) is 126 Å². The number of aliphatic hydroxyl groups is 1. The van der Waals surface area contributed by atoms with Crippen molar-refractivity contribution in [3.8, 4) is 11.6 Å². The smallest absolute Gasteiger partial charge is 0.388 e. The third-order valence-electron chi connectivity index (χ3n) is 5.41. The van der Waals surface area contributed by atoms with Crippen molar-refractivity contribution in [2.75, 3.05) is 24.4 Å². The number of hydrogen-bond acceptors (Lipinski definition) is 7. The summed E-state index contributed by atoms with van der Waals surface area (Å²) in [4.78, 5) is 0.161. The zero-order chi connectivity index (χ0) is 26.4. The van der Waals surface area contributed by atoms with Crippen molar-refractivity contribution in [2.45, 2.75) is 24.5 Å². The second-order valence-corrected chi connectivity index (χ2v) is 9.91. The molecular formula is C25H26F2N4O5S. The van der Waals surface area contributed by atoms with Gasteiger partial charge in [-0.1, -0.05) is 24.3 Å². The molecule has 0 saturated heterocycles. The summed E-state index contributed by atoms with van der Waals surface area (Å²) in [5.41, 5.74) is 2.22. The predicted molar refractivity (Wildman–Crippen MR) is 134 cm³/mol. The monoisotopic (exact) mass is 532 g/mol. The molecular weight excluding hydrogens is 506 g/mol. The van der Waals surface area contributed by atoms with Crippen LogP contribution in [0.3, 0.4) is 0 Å². The lowest BCUT2D eigenvalue weighted by molar-refractivity contribution is -0.0518. The molecule has 4 N–H and O–H groups in total. The number of anilines is 1. The zero-order valence-corrected chi connectivity index (χ0v) is 20.6. The Hall–Kier alpha value is -3.74. The van der Waals surface area contributed by atoms with Gasteiger partial charge in [0.15, 0.2) is 0 Å². The molecule has 0 aliphatic carbocycles. The van der Waals surface area contributed by atoms with Crippen LogP contribution in [-0.2, 0) is 10.0 Å². The second-order valence-electron chi connectivity index (χ2n) is 8.23. The summed E-state index contributed by atoms with van der Waals surface area (Å²) in [7, 11) is -3.76. The molecule has 0 radical (unpaired) electrons. The maximum absolute atomic E-state index is 12.7. The van der Waals surface area contributed by atoms with E-state index in [-0.39, 0.29) is 23.9 Å². The molecule has 0 spiro atoms. The molecule has 1 aromatic heterocycles. The van der Waals surface area contributed by atoms with Gasteiger partial charge in [0.2, 0.25) is 5.88 Å². The maximum atomic E-state index is 12.7. The summed E-state index contributed by atoms with van der Waals surface area (Å²) < 4.78 is 62.7. The Balaban J connectivity index is 1.26. The first-order valence-electron chi connectivity index (χ1n) is 11.4. The highest BCUT2D eigenvalue weighted by atomic mass is 32.2. The average Bonchev–Trinajstić information content (AvgIpc) is 3.25. The number of rotatable bonds is 12. The van der Waals surface area contributed by atoms with Crippen molar-refractivity contribution >= 4 is 26.6 Å². The molecule has 1 atom stereocenters. The van der Waals surface area contributed by atoms with E-state index in [0.717, 1.165) is 5.56 Å². The Kier molecular flexibility index (Phi) is 8.21. The fourth-order valence-electron chi connectivity index (χ4n) is 3.64. The first-order chi connectivity index (χ1) is 17.7. The number of halogens is 2. The van der Waals surface area contributed by atoms with E-state index in [1.54, 1.807) is 54.6 Å². The number of hydrogen-bond donors (Lipinski definition) is 4. The van der Waals surface area contributed by atoms with E-state index in [0.29, 0.717) is 34.4 Å². The van der Waals surface area contributed by atoms with Gasteiger partial charge >= 0.3 is 6.61 Å². The van der Waals surface area contributed by atoms with Crippen LogP contribution in [0, 0.1) is 6.92 Å². The highest BCUT2D eigenvalue weighted by Gasteiger charge is 2.16. The third kappa shape index (κ3) is 6.94. The minimum absolute atomic E-state index is 0.161. The standard InChI is InChI=1S/C25H26F2N4O5S/c1-16-4-2-7-20(12-16)37(33,34)31-18-6-3-5-17(13-18)23(32)15-28-10-11-35-19-8-9-21-22(14-19)29-30-24(21)36-25(26)27/h2-9,12-14,23,25,28,31-32H,10-11,15H2,1H3,(H,29,30). The summed E-state index contributed by atoms with van der Waals surface area (Å²) in [6.07, 6.45) is -0.877. The number of fused-ring (bicyclic) bond motifs is 1. The normalized spacial score (nSPS) is 12.6. The van der Waals surface area contributed by atoms with Crippen LogP contribution < -0.4 is 19.5 Å². The molecule has 4 aromatic rings. The number of H-pyrrole nitrogens is 1. The van der Waals surface area contributed by atoms with Gasteiger partial charge in [0.25, 0.3) is 10.0 Å². The number of benzene rings is 3. The molecule has 3 aromatic carbocycles. The number of nitrogens with one attached hydrogen (secondary N) is 3. The zero-order valence-electron chi connectivity index (χ0n) is 19.8. The summed E-state index contributed by atoms with van der Waals surface area (Å²) >= 11 is 0. The van der Waals surface area contributed by atoms with Crippen LogP contribution >= 0.6 is 0 Å². The Labute approximate surface area is 212 Å². The summed E-state index contributed by atoms with van der Waals surface area (Å²) in [6.45, 7) is -0.240. The van der Waals surface area contributed by atoms with Gasteiger partial charge in [-0.25, -0.2) is 8.42 Å². The van der Waals surface area contributed by atoms with Crippen molar-refractivity contribution < 1.29 is 31.8 Å². The van der Waals surface area contributed by atoms with Crippen LogP contribution in [-0.4, -0.2) is 50.0 Å². The predicted octanol–water partition coefficient (Wildman–Crippen LogP) is 3.98. The number of ether oxygens (including phenoxy) is 2. The van der Waals surface area contributed by atoms with E-state index in [4.69, 9.17) is 4.74 Å². The molecule has 196 valence electrons. The van der Waals surface area contributed by atoms with Gasteiger partial charge in [-0.05, 0) is 54.4 Å². The number of aliphatic hydroxyl groups excluding tert-OH is 1. The summed E-state index contributed by atoms with van der Waals surface area (Å²) in [5, 5.41) is 20.4. The third-order valence-corrected chi connectivity index (χ3v) is 6.79. The van der Waals surface area contributed by atoms with Crippen LogP contribution in [0.2, 0.25) is 0 Å². The van der Waals surface area contributed by atoms with Crippen molar-refractivity contribution in [3.05, 3.63) is 77.9 Å². The fourth-order valence-corrected chi connectivity index (χ4v) is 4.80. The molecule has 12 heteroatoms. The Morgan fingerprint density at radius 3 is 2.68 bits per heavy atom. The van der Waals surface area contributed by atoms with E-state index in [1.807, 2.05) is 13.0 Å². The molecule has 1 unspecified atom stereocenters. The van der Waals surface area contributed by atoms with Gasteiger partial charge in [-0.2, -0.15) is 8.78 Å². The lowest BCUT2D eigenvalue weighted by Crippen LogP contribution is -2.26. The highest BCUT2D eigenvalue weighted by Crippen LogP contribution is 2.27. The lowest BCUT2D eigenvalue weighted by atomic mass is 10.1. The number of aryl methyl sites for hydroxylation is 1.